The second-order valence-corrected chi connectivity index (χ2v) is 11.1. The number of rotatable bonds is 6. The lowest BCUT2D eigenvalue weighted by Crippen LogP contribution is -2.50. The Morgan fingerprint density at radius 3 is 2.35 bits per heavy atom. The molecule has 2 aromatic carbocycles. The minimum absolute atomic E-state index is 0.0573. The van der Waals surface area contributed by atoms with E-state index < -0.39 is 9.84 Å². The van der Waals surface area contributed by atoms with Gasteiger partial charge in [0.05, 0.1) is 16.5 Å². The normalized spacial score (nSPS) is 21.0. The monoisotopic (exact) mass is 461 g/mol. The van der Waals surface area contributed by atoms with Crippen molar-refractivity contribution in [3.63, 3.8) is 0 Å². The zero-order valence-electron chi connectivity index (χ0n) is 17.5. The third-order valence-electron chi connectivity index (χ3n) is 6.25. The molecule has 31 heavy (non-hydrogen) atoms. The molecular weight excluding hydrogens is 434 g/mol. The first kappa shape index (κ1) is 22.2. The molecule has 0 spiro atoms. The summed E-state index contributed by atoms with van der Waals surface area (Å²) < 4.78 is 29.9. The third kappa shape index (κ3) is 5.42. The fraction of sp³-hybridized carbons (Fsp3) is 0.458. The Hall–Kier alpha value is -2.05. The zero-order chi connectivity index (χ0) is 21.8. The van der Waals surface area contributed by atoms with Crippen LogP contribution in [-0.2, 0) is 14.6 Å². The van der Waals surface area contributed by atoms with Crippen molar-refractivity contribution in [3.8, 4) is 16.9 Å². The van der Waals surface area contributed by atoms with Gasteiger partial charge < -0.3 is 9.64 Å². The molecule has 1 aliphatic heterocycles. The molecule has 2 fully saturated rings. The summed E-state index contributed by atoms with van der Waals surface area (Å²) in [6, 6.07) is 15.3. The van der Waals surface area contributed by atoms with Crippen LogP contribution < -0.4 is 4.74 Å². The van der Waals surface area contributed by atoms with Crippen LogP contribution in [0.25, 0.3) is 11.1 Å². The minimum atomic E-state index is -3.07. The lowest BCUT2D eigenvalue weighted by Gasteiger charge is -2.38. The maximum absolute atomic E-state index is 13.2. The largest absolute Gasteiger partial charge is 0.482 e. The first-order valence-corrected chi connectivity index (χ1v) is 13.1. The van der Waals surface area contributed by atoms with Crippen molar-refractivity contribution in [1.82, 2.24) is 4.90 Å². The maximum atomic E-state index is 13.2. The highest BCUT2D eigenvalue weighted by Gasteiger charge is 2.38. The number of hydrogen-bond acceptors (Lipinski definition) is 4. The van der Waals surface area contributed by atoms with Crippen LogP contribution in [0.5, 0.6) is 5.75 Å². The Kier molecular flexibility index (Phi) is 6.87. The molecule has 1 unspecified atom stereocenters. The summed E-state index contributed by atoms with van der Waals surface area (Å²) in [6.07, 6.45) is 5.67. The molecule has 4 rings (SSSR count). The lowest BCUT2D eigenvalue weighted by atomic mass is 9.93. The molecule has 0 bridgehead atoms. The molecule has 0 radical (unpaired) electrons. The van der Waals surface area contributed by atoms with E-state index in [1.807, 2.05) is 47.4 Å². The topological polar surface area (TPSA) is 63.7 Å². The van der Waals surface area contributed by atoms with E-state index in [1.54, 1.807) is 6.07 Å². The van der Waals surface area contributed by atoms with Gasteiger partial charge in [0.15, 0.2) is 16.4 Å². The van der Waals surface area contributed by atoms with Crippen molar-refractivity contribution in [1.29, 1.82) is 0 Å². The summed E-state index contributed by atoms with van der Waals surface area (Å²) in [6.45, 7) is -0.141. The first-order chi connectivity index (χ1) is 14.9. The Morgan fingerprint density at radius 1 is 0.968 bits per heavy atom. The lowest BCUT2D eigenvalue weighted by molar-refractivity contribution is -0.138. The Morgan fingerprint density at radius 2 is 1.71 bits per heavy atom. The number of benzene rings is 2. The van der Waals surface area contributed by atoms with Crippen LogP contribution >= 0.6 is 11.6 Å². The van der Waals surface area contributed by atoms with Gasteiger partial charge in [-0.05, 0) is 42.5 Å². The van der Waals surface area contributed by atoms with Crippen molar-refractivity contribution in [3.05, 3.63) is 53.6 Å². The van der Waals surface area contributed by atoms with Gasteiger partial charge in [0.25, 0.3) is 5.91 Å². The second kappa shape index (κ2) is 9.61. The van der Waals surface area contributed by atoms with Crippen LogP contribution in [0.4, 0.5) is 0 Å². The molecule has 1 amide bonds. The molecule has 2 aromatic rings. The van der Waals surface area contributed by atoms with Gasteiger partial charge in [0, 0.05) is 12.1 Å². The Labute approximate surface area is 189 Å². The van der Waals surface area contributed by atoms with E-state index in [0.717, 1.165) is 36.8 Å². The molecule has 1 saturated carbocycles. The van der Waals surface area contributed by atoms with Gasteiger partial charge in [0.2, 0.25) is 0 Å². The predicted molar refractivity (Wildman–Crippen MR) is 123 cm³/mol. The summed E-state index contributed by atoms with van der Waals surface area (Å²) in [5, 5.41) is 0.446. The number of hydrogen-bond donors (Lipinski definition) is 0. The molecule has 5 nitrogen and oxygen atoms in total. The molecule has 1 saturated heterocycles. The van der Waals surface area contributed by atoms with Crippen molar-refractivity contribution in [2.24, 2.45) is 0 Å². The van der Waals surface area contributed by atoms with Crippen molar-refractivity contribution in [2.45, 2.75) is 50.6 Å². The number of carbonyl (C=O) groups is 1. The van der Waals surface area contributed by atoms with E-state index in [0.29, 0.717) is 17.2 Å². The molecule has 2 aliphatic rings. The number of halogens is 1. The van der Waals surface area contributed by atoms with E-state index in [9.17, 15) is 13.2 Å². The standard InChI is InChI=1S/C24H28ClNO4S/c25-22-15-19(18-7-3-1-4-8-18)11-12-23(22)30-16-24(27)26(20-9-5-2-6-10-20)21-13-14-31(28,29)17-21/h1,3-4,7-8,11-12,15,20-21H,2,5-6,9-10,13-14,16-17H2. The van der Waals surface area contributed by atoms with Gasteiger partial charge >= 0.3 is 0 Å². The Balaban J connectivity index is 1.46. The number of sulfone groups is 1. The number of carbonyl (C=O) groups excluding carboxylic acids is 1. The molecule has 1 aliphatic carbocycles. The fourth-order valence-electron chi connectivity index (χ4n) is 4.70. The van der Waals surface area contributed by atoms with Gasteiger partial charge in [0.1, 0.15) is 5.75 Å². The summed E-state index contributed by atoms with van der Waals surface area (Å²) in [4.78, 5) is 15.0. The molecule has 166 valence electrons. The van der Waals surface area contributed by atoms with Crippen LogP contribution in [0.1, 0.15) is 38.5 Å². The van der Waals surface area contributed by atoms with Crippen molar-refractivity contribution >= 4 is 27.3 Å². The molecule has 0 N–H and O–H groups in total. The number of amides is 1. The quantitative estimate of drug-likeness (QED) is 0.623. The van der Waals surface area contributed by atoms with Crippen LogP contribution in [-0.4, -0.2) is 49.4 Å². The van der Waals surface area contributed by atoms with Gasteiger partial charge in [-0.15, -0.1) is 0 Å². The summed E-state index contributed by atoms with van der Waals surface area (Å²) in [7, 11) is -3.07. The molecular formula is C24H28ClNO4S. The van der Waals surface area contributed by atoms with Crippen LogP contribution in [0.3, 0.4) is 0 Å². The Bertz CT molecular complexity index is 1020. The summed E-state index contributed by atoms with van der Waals surface area (Å²) in [5.74, 6) is 0.512. The first-order valence-electron chi connectivity index (χ1n) is 10.9. The predicted octanol–water partition coefficient (Wildman–Crippen LogP) is 4.73. The maximum Gasteiger partial charge on any atom is 0.261 e. The number of nitrogens with zero attached hydrogens (tertiary/aromatic N) is 1. The van der Waals surface area contributed by atoms with Crippen LogP contribution in [0, 0.1) is 0 Å². The van der Waals surface area contributed by atoms with Gasteiger partial charge in [-0.3, -0.25) is 4.79 Å². The van der Waals surface area contributed by atoms with Gasteiger partial charge in [-0.1, -0.05) is 67.3 Å². The zero-order valence-corrected chi connectivity index (χ0v) is 19.1. The summed E-state index contributed by atoms with van der Waals surface area (Å²) in [5.41, 5.74) is 2.03. The number of ether oxygens (including phenoxy) is 1. The van der Waals surface area contributed by atoms with Crippen LogP contribution in [0.15, 0.2) is 48.5 Å². The van der Waals surface area contributed by atoms with E-state index in [4.69, 9.17) is 16.3 Å². The van der Waals surface area contributed by atoms with Crippen molar-refractivity contribution < 1.29 is 17.9 Å². The highest BCUT2D eigenvalue weighted by atomic mass is 35.5. The third-order valence-corrected chi connectivity index (χ3v) is 8.29. The molecule has 0 aromatic heterocycles. The molecule has 1 atom stereocenters. The fourth-order valence-corrected chi connectivity index (χ4v) is 6.65. The average Bonchev–Trinajstić information content (AvgIpc) is 3.13. The summed E-state index contributed by atoms with van der Waals surface area (Å²) >= 11 is 6.43. The van der Waals surface area contributed by atoms with Crippen molar-refractivity contribution in [2.75, 3.05) is 18.1 Å². The SMILES string of the molecule is O=C(COc1ccc(-c2ccccc2)cc1Cl)N(C1CCCCC1)C1CCS(=O)(=O)C1. The average molecular weight is 462 g/mol. The molecule has 1 heterocycles. The molecule has 7 heteroatoms. The highest BCUT2D eigenvalue weighted by Crippen LogP contribution is 2.32. The highest BCUT2D eigenvalue weighted by molar-refractivity contribution is 7.91. The van der Waals surface area contributed by atoms with E-state index in [-0.39, 0.29) is 36.1 Å². The minimum Gasteiger partial charge on any atom is -0.482 e. The smallest absolute Gasteiger partial charge is 0.261 e. The van der Waals surface area contributed by atoms with E-state index in [2.05, 4.69) is 0 Å². The van der Waals surface area contributed by atoms with Gasteiger partial charge in [-0.25, -0.2) is 8.42 Å². The van der Waals surface area contributed by atoms with E-state index >= 15 is 0 Å². The van der Waals surface area contributed by atoms with Gasteiger partial charge in [-0.2, -0.15) is 0 Å². The van der Waals surface area contributed by atoms with Crippen LogP contribution in [0.2, 0.25) is 5.02 Å². The second-order valence-electron chi connectivity index (χ2n) is 8.45. The van der Waals surface area contributed by atoms with E-state index in [1.165, 1.54) is 6.42 Å².